The molecule has 24 heavy (non-hydrogen) atoms. The second-order valence-corrected chi connectivity index (χ2v) is 6.94. The molecule has 5 nitrogen and oxygen atoms in total. The van der Waals surface area contributed by atoms with Gasteiger partial charge in [0.15, 0.2) is 16.7 Å². The number of amides is 1. The van der Waals surface area contributed by atoms with Crippen LogP contribution in [0.25, 0.3) is 6.08 Å². The van der Waals surface area contributed by atoms with Crippen LogP contribution in [0.1, 0.15) is 37.7 Å². The van der Waals surface area contributed by atoms with Crippen LogP contribution in [-0.2, 0) is 4.79 Å². The predicted octanol–water partition coefficient (Wildman–Crippen LogP) is 3.60. The number of carbonyl (C=O) groups excluding carboxylic acids is 1. The van der Waals surface area contributed by atoms with Crippen molar-refractivity contribution in [2.75, 3.05) is 14.2 Å². The molecule has 0 aromatic heterocycles. The number of carbonyl (C=O) groups is 1. The summed E-state index contributed by atoms with van der Waals surface area (Å²) in [5.74, 6) is 1.22. The number of rotatable bonds is 4. The Bertz CT molecular complexity index is 679. The van der Waals surface area contributed by atoms with E-state index in [0.29, 0.717) is 22.4 Å². The van der Waals surface area contributed by atoms with E-state index < -0.39 is 0 Å². The smallest absolute Gasteiger partial charge is 0.264 e. The topological polar surface area (TPSA) is 59.9 Å². The van der Waals surface area contributed by atoms with Crippen LogP contribution in [0, 0.1) is 0 Å². The average Bonchev–Trinajstić information content (AvgIpc) is 2.94. The first-order valence-corrected chi connectivity index (χ1v) is 9.02. The maximum absolute atomic E-state index is 12.2. The van der Waals surface area contributed by atoms with E-state index in [-0.39, 0.29) is 5.91 Å². The summed E-state index contributed by atoms with van der Waals surface area (Å²) in [7, 11) is 3.20. The van der Waals surface area contributed by atoms with Crippen molar-refractivity contribution in [1.29, 1.82) is 0 Å². The highest BCUT2D eigenvalue weighted by atomic mass is 32.2. The molecule has 1 aromatic rings. The average molecular weight is 346 g/mol. The largest absolute Gasteiger partial charge is 0.493 e. The van der Waals surface area contributed by atoms with Crippen LogP contribution >= 0.6 is 11.8 Å². The molecule has 1 saturated heterocycles. The molecule has 1 aliphatic carbocycles. The monoisotopic (exact) mass is 346 g/mol. The number of thioether (sulfide) groups is 1. The van der Waals surface area contributed by atoms with Crippen molar-refractivity contribution in [3.05, 3.63) is 28.7 Å². The van der Waals surface area contributed by atoms with Crippen LogP contribution in [0.3, 0.4) is 0 Å². The summed E-state index contributed by atoms with van der Waals surface area (Å²) in [6.07, 6.45) is 7.85. The van der Waals surface area contributed by atoms with Crippen LogP contribution in [0.4, 0.5) is 0 Å². The Kier molecular flexibility index (Phi) is 5.45. The summed E-state index contributed by atoms with van der Waals surface area (Å²) < 4.78 is 10.5. The second-order valence-electron chi connectivity index (χ2n) is 5.91. The molecule has 1 aromatic carbocycles. The molecule has 0 radical (unpaired) electrons. The zero-order valence-corrected chi connectivity index (χ0v) is 14.8. The van der Waals surface area contributed by atoms with Crippen molar-refractivity contribution >= 4 is 28.9 Å². The summed E-state index contributed by atoms with van der Waals surface area (Å²) in [6.45, 7) is 0. The van der Waals surface area contributed by atoms with Crippen LogP contribution in [0.15, 0.2) is 28.1 Å². The highest BCUT2D eigenvalue weighted by Gasteiger charge is 2.25. The minimum Gasteiger partial charge on any atom is -0.493 e. The summed E-state index contributed by atoms with van der Waals surface area (Å²) in [5, 5.41) is 3.59. The maximum Gasteiger partial charge on any atom is 0.264 e. The van der Waals surface area contributed by atoms with Crippen molar-refractivity contribution in [1.82, 2.24) is 5.32 Å². The fraction of sp³-hybridized carbons (Fsp3) is 0.444. The Morgan fingerprint density at radius 1 is 1.17 bits per heavy atom. The van der Waals surface area contributed by atoms with Gasteiger partial charge in [0, 0.05) is 0 Å². The number of aliphatic imine (C=N–C) groups is 1. The number of methoxy groups -OCH3 is 2. The van der Waals surface area contributed by atoms with Crippen LogP contribution < -0.4 is 14.8 Å². The van der Waals surface area contributed by atoms with Crippen molar-refractivity contribution in [3.63, 3.8) is 0 Å². The molecular formula is C18H22N2O3S. The Hall–Kier alpha value is -1.95. The van der Waals surface area contributed by atoms with Gasteiger partial charge in [0.2, 0.25) is 0 Å². The minimum absolute atomic E-state index is 0.0932. The molecule has 3 rings (SSSR count). The van der Waals surface area contributed by atoms with E-state index in [4.69, 9.17) is 14.5 Å². The number of nitrogens with one attached hydrogen (secondary N) is 1. The van der Waals surface area contributed by atoms with Crippen molar-refractivity contribution in [2.45, 2.75) is 38.1 Å². The number of hydrogen-bond donors (Lipinski definition) is 1. The fourth-order valence-corrected chi connectivity index (χ4v) is 3.85. The number of hydrogen-bond acceptors (Lipinski definition) is 5. The Balaban J connectivity index is 1.76. The molecule has 0 unspecified atom stereocenters. The lowest BCUT2D eigenvalue weighted by Gasteiger charge is -2.17. The zero-order valence-electron chi connectivity index (χ0n) is 14.0. The summed E-state index contributed by atoms with van der Waals surface area (Å²) in [6, 6.07) is 5.94. The molecule has 6 heteroatoms. The standard InChI is InChI=1S/C18H22N2O3S/c1-22-14-9-8-12(10-15(14)23-2)11-16-17(21)20-18(24-16)19-13-6-4-3-5-7-13/h8-11,13H,3-7H2,1-2H3,(H,19,20,21)/b16-11+. The van der Waals surface area contributed by atoms with E-state index in [2.05, 4.69) is 5.32 Å². The lowest BCUT2D eigenvalue weighted by Crippen LogP contribution is -2.22. The van der Waals surface area contributed by atoms with Gasteiger partial charge in [-0.25, -0.2) is 0 Å². The Morgan fingerprint density at radius 3 is 2.62 bits per heavy atom. The normalized spacial score (nSPS) is 22.0. The van der Waals surface area contributed by atoms with Crippen LogP contribution in [0.2, 0.25) is 0 Å². The third kappa shape index (κ3) is 3.93. The second kappa shape index (κ2) is 7.75. The van der Waals surface area contributed by atoms with Gasteiger partial charge >= 0.3 is 0 Å². The molecule has 1 aliphatic heterocycles. The molecule has 2 aliphatic rings. The van der Waals surface area contributed by atoms with Gasteiger partial charge < -0.3 is 14.8 Å². The van der Waals surface area contributed by atoms with Gasteiger partial charge in [-0.05, 0) is 48.4 Å². The summed E-state index contributed by atoms with van der Waals surface area (Å²) in [5.41, 5.74) is 0.893. The van der Waals surface area contributed by atoms with E-state index >= 15 is 0 Å². The molecule has 0 atom stereocenters. The first kappa shape index (κ1) is 16.9. The molecule has 1 amide bonds. The van der Waals surface area contributed by atoms with Crippen molar-refractivity contribution < 1.29 is 14.3 Å². The Labute approximate surface area is 146 Å². The quantitative estimate of drug-likeness (QED) is 0.846. The summed E-state index contributed by atoms with van der Waals surface area (Å²) in [4.78, 5) is 17.5. The van der Waals surface area contributed by atoms with Crippen molar-refractivity contribution in [3.8, 4) is 11.5 Å². The summed E-state index contributed by atoms with van der Waals surface area (Å²) >= 11 is 1.41. The predicted molar refractivity (Wildman–Crippen MR) is 97.6 cm³/mol. The zero-order chi connectivity index (χ0) is 16.9. The highest BCUT2D eigenvalue weighted by Crippen LogP contribution is 2.32. The van der Waals surface area contributed by atoms with Gasteiger partial charge in [-0.3, -0.25) is 9.79 Å². The molecule has 128 valence electrons. The fourth-order valence-electron chi connectivity index (χ4n) is 2.96. The maximum atomic E-state index is 12.2. The van der Waals surface area contributed by atoms with E-state index in [9.17, 15) is 4.79 Å². The minimum atomic E-state index is -0.0932. The van der Waals surface area contributed by atoms with E-state index in [1.807, 2.05) is 24.3 Å². The van der Waals surface area contributed by atoms with E-state index in [1.54, 1.807) is 14.2 Å². The van der Waals surface area contributed by atoms with Gasteiger partial charge in [-0.1, -0.05) is 25.3 Å². The lowest BCUT2D eigenvalue weighted by molar-refractivity contribution is -0.115. The number of amidine groups is 1. The molecule has 0 bridgehead atoms. The first-order valence-electron chi connectivity index (χ1n) is 8.20. The third-order valence-corrected chi connectivity index (χ3v) is 5.15. The van der Waals surface area contributed by atoms with Gasteiger partial charge in [0.25, 0.3) is 5.91 Å². The van der Waals surface area contributed by atoms with Crippen LogP contribution in [-0.4, -0.2) is 31.3 Å². The van der Waals surface area contributed by atoms with E-state index in [1.165, 1.54) is 31.0 Å². The first-order chi connectivity index (χ1) is 11.7. The molecule has 2 fully saturated rings. The lowest BCUT2D eigenvalue weighted by atomic mass is 9.96. The molecule has 0 spiro atoms. The molecule has 1 N–H and O–H groups in total. The van der Waals surface area contributed by atoms with Crippen molar-refractivity contribution in [2.24, 2.45) is 4.99 Å². The number of nitrogens with zero attached hydrogens (tertiary/aromatic N) is 1. The van der Waals surface area contributed by atoms with Crippen LogP contribution in [0.5, 0.6) is 11.5 Å². The SMILES string of the molecule is COc1ccc(/C=C2/SC(=NC3CCCCC3)NC2=O)cc1OC. The highest BCUT2D eigenvalue weighted by molar-refractivity contribution is 8.18. The molecule has 1 saturated carbocycles. The Morgan fingerprint density at radius 2 is 1.92 bits per heavy atom. The van der Waals surface area contributed by atoms with Gasteiger partial charge in [0.1, 0.15) is 0 Å². The molecule has 1 heterocycles. The number of benzene rings is 1. The number of ether oxygens (including phenoxy) is 2. The van der Waals surface area contributed by atoms with Gasteiger partial charge in [0.05, 0.1) is 25.2 Å². The third-order valence-electron chi connectivity index (χ3n) is 4.23. The van der Waals surface area contributed by atoms with Gasteiger partial charge in [-0.2, -0.15) is 0 Å². The molecular weight excluding hydrogens is 324 g/mol. The van der Waals surface area contributed by atoms with E-state index in [0.717, 1.165) is 23.6 Å². The van der Waals surface area contributed by atoms with Gasteiger partial charge in [-0.15, -0.1) is 0 Å².